The largest absolute Gasteiger partial charge is 0.478 e. The van der Waals surface area contributed by atoms with Crippen LogP contribution in [-0.4, -0.2) is 33.9 Å². The van der Waals surface area contributed by atoms with E-state index in [9.17, 15) is 18.4 Å². The van der Waals surface area contributed by atoms with Crippen LogP contribution in [0.25, 0.3) is 0 Å². The molecule has 110 valence electrons. The Labute approximate surface area is 117 Å². The van der Waals surface area contributed by atoms with Crippen molar-refractivity contribution in [3.63, 3.8) is 0 Å². The molecule has 0 unspecified atom stereocenters. The molecule has 2 rings (SSSR count). The number of aromatic nitrogens is 2. The van der Waals surface area contributed by atoms with E-state index in [2.05, 4.69) is 9.84 Å². The Kier molecular flexibility index (Phi) is 3.97. The van der Waals surface area contributed by atoms with Crippen molar-refractivity contribution in [2.75, 3.05) is 7.11 Å². The van der Waals surface area contributed by atoms with E-state index in [1.807, 2.05) is 0 Å². The van der Waals surface area contributed by atoms with Crippen LogP contribution in [-0.2, 0) is 11.3 Å². The molecule has 0 bridgehead atoms. The topological polar surface area (TPSA) is 81.4 Å². The van der Waals surface area contributed by atoms with Gasteiger partial charge in [-0.2, -0.15) is 5.10 Å². The Morgan fingerprint density at radius 1 is 1.33 bits per heavy atom. The fourth-order valence-corrected chi connectivity index (χ4v) is 1.76. The molecule has 0 saturated carbocycles. The highest BCUT2D eigenvalue weighted by atomic mass is 19.1. The first-order valence-electron chi connectivity index (χ1n) is 5.74. The summed E-state index contributed by atoms with van der Waals surface area (Å²) in [6.45, 7) is -0.0391. The van der Waals surface area contributed by atoms with Crippen molar-refractivity contribution in [2.45, 2.75) is 6.54 Å². The van der Waals surface area contributed by atoms with Crippen LogP contribution in [0.4, 0.5) is 8.78 Å². The van der Waals surface area contributed by atoms with Gasteiger partial charge in [0.15, 0.2) is 0 Å². The first kappa shape index (κ1) is 14.6. The van der Waals surface area contributed by atoms with E-state index in [0.717, 1.165) is 25.4 Å². The van der Waals surface area contributed by atoms with Crippen molar-refractivity contribution in [3.8, 4) is 0 Å². The molecule has 6 nitrogen and oxygen atoms in total. The predicted molar refractivity (Wildman–Crippen MR) is 66.0 cm³/mol. The van der Waals surface area contributed by atoms with Crippen molar-refractivity contribution in [2.24, 2.45) is 0 Å². The molecule has 1 heterocycles. The van der Waals surface area contributed by atoms with Crippen LogP contribution in [0.5, 0.6) is 0 Å². The predicted octanol–water partition coefficient (Wildman–Crippen LogP) is 1.69. The van der Waals surface area contributed by atoms with E-state index in [1.54, 1.807) is 0 Å². The normalized spacial score (nSPS) is 10.4. The number of ether oxygens (including phenoxy) is 1. The summed E-state index contributed by atoms with van der Waals surface area (Å²) in [4.78, 5) is 21.9. The van der Waals surface area contributed by atoms with Crippen LogP contribution < -0.4 is 0 Å². The van der Waals surface area contributed by atoms with Crippen LogP contribution in [0, 0.1) is 11.6 Å². The van der Waals surface area contributed by atoms with E-state index >= 15 is 0 Å². The molecule has 1 N–H and O–H groups in total. The smallest absolute Gasteiger partial charge is 0.343 e. The van der Waals surface area contributed by atoms with Crippen LogP contribution >= 0.6 is 0 Å². The first-order valence-corrected chi connectivity index (χ1v) is 5.74. The number of nitrogens with zero attached hydrogens (tertiary/aromatic N) is 2. The van der Waals surface area contributed by atoms with E-state index in [-0.39, 0.29) is 17.7 Å². The maximum atomic E-state index is 13.7. The summed E-state index contributed by atoms with van der Waals surface area (Å²) in [6, 6.07) is 1.94. The zero-order valence-electron chi connectivity index (χ0n) is 10.8. The molecule has 1 aromatic heterocycles. The van der Waals surface area contributed by atoms with Crippen LogP contribution in [0.1, 0.15) is 26.3 Å². The zero-order chi connectivity index (χ0) is 15.6. The molecule has 0 aliphatic carbocycles. The van der Waals surface area contributed by atoms with Gasteiger partial charge in [-0.1, -0.05) is 0 Å². The van der Waals surface area contributed by atoms with Gasteiger partial charge in [0.1, 0.15) is 17.2 Å². The van der Waals surface area contributed by atoms with E-state index < -0.39 is 29.1 Å². The Bertz CT molecular complexity index is 689. The maximum absolute atomic E-state index is 13.7. The van der Waals surface area contributed by atoms with Crippen molar-refractivity contribution in [1.82, 2.24) is 9.78 Å². The van der Waals surface area contributed by atoms with Crippen molar-refractivity contribution < 1.29 is 28.2 Å². The fourth-order valence-electron chi connectivity index (χ4n) is 1.76. The summed E-state index contributed by atoms with van der Waals surface area (Å²) >= 11 is 0. The molecule has 0 saturated heterocycles. The molecule has 0 fully saturated rings. The Morgan fingerprint density at radius 3 is 2.43 bits per heavy atom. The second-order valence-corrected chi connectivity index (χ2v) is 4.16. The second kappa shape index (κ2) is 5.70. The van der Waals surface area contributed by atoms with Crippen LogP contribution in [0.2, 0.25) is 0 Å². The number of carboxylic acids is 1. The third kappa shape index (κ3) is 3.04. The van der Waals surface area contributed by atoms with Gasteiger partial charge in [-0.05, 0) is 17.7 Å². The van der Waals surface area contributed by atoms with Gasteiger partial charge in [-0.25, -0.2) is 18.4 Å². The summed E-state index contributed by atoms with van der Waals surface area (Å²) in [5, 5.41) is 12.5. The van der Waals surface area contributed by atoms with Gasteiger partial charge in [0.05, 0.1) is 25.4 Å². The summed E-state index contributed by atoms with van der Waals surface area (Å²) in [6.07, 6.45) is 2.35. The van der Waals surface area contributed by atoms with Crippen molar-refractivity contribution in [3.05, 3.63) is 52.9 Å². The zero-order valence-corrected chi connectivity index (χ0v) is 10.8. The number of halogens is 2. The minimum atomic E-state index is -1.15. The highest BCUT2D eigenvalue weighted by Crippen LogP contribution is 2.17. The molecule has 1 aromatic carbocycles. The highest BCUT2D eigenvalue weighted by molar-refractivity contribution is 5.90. The molecule has 0 spiro atoms. The molecule has 8 heteroatoms. The Balaban J connectivity index is 2.29. The molecule has 2 aromatic rings. The number of carbonyl (C=O) groups is 2. The highest BCUT2D eigenvalue weighted by Gasteiger charge is 2.19. The minimum absolute atomic E-state index is 0.0391. The average molecular weight is 296 g/mol. The lowest BCUT2D eigenvalue weighted by atomic mass is 10.1. The summed E-state index contributed by atoms with van der Waals surface area (Å²) in [7, 11) is 1.02. The first-order chi connectivity index (χ1) is 9.92. The molecule has 0 radical (unpaired) electrons. The van der Waals surface area contributed by atoms with Crippen molar-refractivity contribution in [1.29, 1.82) is 0 Å². The lowest BCUT2D eigenvalue weighted by Crippen LogP contribution is -2.10. The summed E-state index contributed by atoms with van der Waals surface area (Å²) < 4.78 is 32.9. The number of benzene rings is 1. The average Bonchev–Trinajstić information content (AvgIpc) is 2.86. The Hall–Kier alpha value is -2.77. The van der Waals surface area contributed by atoms with Gasteiger partial charge in [0, 0.05) is 6.20 Å². The standard InChI is InChI=1S/C13H10F2N2O4/c1-21-13(20)11-9(14)2-7(3-10(11)15)5-17-6-8(4-16-17)12(18)19/h2-4,6H,5H2,1H3,(H,18,19). The number of hydrogen-bond donors (Lipinski definition) is 1. The number of methoxy groups -OCH3 is 1. The maximum Gasteiger partial charge on any atom is 0.343 e. The Morgan fingerprint density at radius 2 is 1.95 bits per heavy atom. The third-order valence-corrected chi connectivity index (χ3v) is 2.72. The van der Waals surface area contributed by atoms with E-state index in [1.165, 1.54) is 10.9 Å². The number of hydrogen-bond acceptors (Lipinski definition) is 4. The lowest BCUT2D eigenvalue weighted by Gasteiger charge is -2.07. The lowest BCUT2D eigenvalue weighted by molar-refractivity contribution is 0.0589. The fraction of sp³-hybridized carbons (Fsp3) is 0.154. The number of esters is 1. The van der Waals surface area contributed by atoms with Crippen LogP contribution in [0.15, 0.2) is 24.5 Å². The monoisotopic (exact) mass is 296 g/mol. The molecular formula is C13H10F2N2O4. The summed E-state index contributed by atoms with van der Waals surface area (Å²) in [5.74, 6) is -4.37. The summed E-state index contributed by atoms with van der Waals surface area (Å²) in [5.41, 5.74) is -0.618. The number of aromatic carboxylic acids is 1. The number of carboxylic acid groups (broad SMARTS) is 1. The SMILES string of the molecule is COC(=O)c1c(F)cc(Cn2cc(C(=O)O)cn2)cc1F. The van der Waals surface area contributed by atoms with Gasteiger partial charge >= 0.3 is 11.9 Å². The number of carbonyl (C=O) groups excluding carboxylic acids is 1. The van der Waals surface area contributed by atoms with Gasteiger partial charge in [0.2, 0.25) is 0 Å². The molecule has 0 amide bonds. The molecule has 0 atom stereocenters. The third-order valence-electron chi connectivity index (χ3n) is 2.72. The van der Waals surface area contributed by atoms with Gasteiger partial charge < -0.3 is 9.84 Å². The number of rotatable bonds is 4. The molecular weight excluding hydrogens is 286 g/mol. The van der Waals surface area contributed by atoms with E-state index in [0.29, 0.717) is 0 Å². The minimum Gasteiger partial charge on any atom is -0.478 e. The molecule has 21 heavy (non-hydrogen) atoms. The molecule has 0 aliphatic heterocycles. The quantitative estimate of drug-likeness (QED) is 0.868. The molecule has 0 aliphatic rings. The van der Waals surface area contributed by atoms with Gasteiger partial charge in [0.25, 0.3) is 0 Å². The van der Waals surface area contributed by atoms with Gasteiger partial charge in [-0.15, -0.1) is 0 Å². The van der Waals surface area contributed by atoms with Gasteiger partial charge in [-0.3, -0.25) is 4.68 Å². The van der Waals surface area contributed by atoms with Crippen molar-refractivity contribution >= 4 is 11.9 Å². The van der Waals surface area contributed by atoms with E-state index in [4.69, 9.17) is 5.11 Å². The van der Waals surface area contributed by atoms with Crippen LogP contribution in [0.3, 0.4) is 0 Å². The second-order valence-electron chi connectivity index (χ2n) is 4.16.